The average molecular weight is 308 g/mol. The van der Waals surface area contributed by atoms with E-state index >= 15 is 0 Å². The van der Waals surface area contributed by atoms with Gasteiger partial charge in [-0.1, -0.05) is 23.8 Å². The molecule has 3 rings (SSSR count). The monoisotopic (exact) mass is 308 g/mol. The second kappa shape index (κ2) is 6.12. The van der Waals surface area contributed by atoms with Crippen LogP contribution in [0.15, 0.2) is 48.7 Å². The van der Waals surface area contributed by atoms with Gasteiger partial charge in [-0.15, -0.1) is 0 Å². The molecule has 2 aromatic heterocycles. The van der Waals surface area contributed by atoms with Crippen LogP contribution in [0.5, 0.6) is 0 Å². The molecule has 0 atom stereocenters. The first-order valence-corrected chi connectivity index (χ1v) is 7.68. The van der Waals surface area contributed by atoms with E-state index in [0.717, 1.165) is 17.0 Å². The molecule has 5 heteroatoms. The molecular weight excluding hydrogens is 288 g/mol. The van der Waals surface area contributed by atoms with Crippen molar-refractivity contribution in [3.05, 3.63) is 65.6 Å². The number of anilines is 1. The molecule has 0 aliphatic heterocycles. The Morgan fingerprint density at radius 2 is 1.91 bits per heavy atom. The minimum absolute atomic E-state index is 0.212. The van der Waals surface area contributed by atoms with Gasteiger partial charge in [0.15, 0.2) is 0 Å². The Labute approximate surface area is 135 Å². The van der Waals surface area contributed by atoms with Gasteiger partial charge in [0.2, 0.25) is 0 Å². The minimum atomic E-state index is -0.212. The first-order valence-electron chi connectivity index (χ1n) is 7.68. The number of pyridine rings is 1. The van der Waals surface area contributed by atoms with Crippen molar-refractivity contribution in [3.8, 4) is 0 Å². The Kier molecular flexibility index (Phi) is 4.02. The van der Waals surface area contributed by atoms with Crippen molar-refractivity contribution < 1.29 is 4.79 Å². The van der Waals surface area contributed by atoms with Crippen LogP contribution >= 0.6 is 0 Å². The number of benzene rings is 1. The summed E-state index contributed by atoms with van der Waals surface area (Å²) in [6.07, 6.45) is 1.77. The number of hydrazine groups is 1. The smallest absolute Gasteiger partial charge is 0.290 e. The van der Waals surface area contributed by atoms with Crippen molar-refractivity contribution in [2.45, 2.75) is 20.8 Å². The number of carbonyl (C=O) groups is 1. The Morgan fingerprint density at radius 1 is 1.17 bits per heavy atom. The van der Waals surface area contributed by atoms with Crippen molar-refractivity contribution >= 4 is 17.2 Å². The van der Waals surface area contributed by atoms with E-state index in [1.165, 1.54) is 5.56 Å². The number of rotatable bonds is 4. The summed E-state index contributed by atoms with van der Waals surface area (Å²) in [5.74, 6) is -0.212. The number of carbonyl (C=O) groups excluding carboxylic acids is 1. The van der Waals surface area contributed by atoms with Crippen LogP contribution in [0.2, 0.25) is 0 Å². The molecule has 0 saturated heterocycles. The zero-order chi connectivity index (χ0) is 16.4. The highest BCUT2D eigenvalue weighted by atomic mass is 16.2. The van der Waals surface area contributed by atoms with E-state index in [2.05, 4.69) is 10.4 Å². The molecule has 0 saturated carbocycles. The number of nitrogens with one attached hydrogen (secondary N) is 1. The Balaban J connectivity index is 1.83. The molecule has 0 radical (unpaired) electrons. The zero-order valence-corrected chi connectivity index (χ0v) is 13.6. The summed E-state index contributed by atoms with van der Waals surface area (Å²) in [6.45, 7) is 6.69. The minimum Gasteiger partial charge on any atom is -0.304 e. The van der Waals surface area contributed by atoms with Crippen LogP contribution in [0.4, 0.5) is 5.69 Å². The maximum Gasteiger partial charge on any atom is 0.290 e. The van der Waals surface area contributed by atoms with Crippen LogP contribution in [0.25, 0.3) is 5.65 Å². The van der Waals surface area contributed by atoms with E-state index in [4.69, 9.17) is 0 Å². The van der Waals surface area contributed by atoms with E-state index in [1.807, 2.05) is 72.6 Å². The highest BCUT2D eigenvalue weighted by molar-refractivity contribution is 5.93. The second-order valence-corrected chi connectivity index (χ2v) is 5.54. The van der Waals surface area contributed by atoms with Gasteiger partial charge < -0.3 is 4.40 Å². The van der Waals surface area contributed by atoms with Crippen LogP contribution in [0.3, 0.4) is 0 Å². The highest BCUT2D eigenvalue weighted by Gasteiger charge is 2.14. The van der Waals surface area contributed by atoms with Crippen LogP contribution in [-0.4, -0.2) is 21.8 Å². The maximum atomic E-state index is 12.5. The lowest BCUT2D eigenvalue weighted by Gasteiger charge is -2.23. The van der Waals surface area contributed by atoms with Gasteiger partial charge in [-0.25, -0.2) is 4.98 Å². The predicted molar refractivity (Wildman–Crippen MR) is 91.6 cm³/mol. The van der Waals surface area contributed by atoms with Crippen molar-refractivity contribution in [2.24, 2.45) is 0 Å². The lowest BCUT2D eigenvalue weighted by Crippen LogP contribution is -2.42. The quantitative estimate of drug-likeness (QED) is 0.753. The van der Waals surface area contributed by atoms with Gasteiger partial charge in [-0.3, -0.25) is 15.2 Å². The molecule has 1 aromatic carbocycles. The van der Waals surface area contributed by atoms with Crippen molar-refractivity contribution in [1.29, 1.82) is 0 Å². The fourth-order valence-electron chi connectivity index (χ4n) is 2.49. The number of hydrogen-bond acceptors (Lipinski definition) is 3. The largest absolute Gasteiger partial charge is 0.304 e. The first-order chi connectivity index (χ1) is 11.1. The van der Waals surface area contributed by atoms with Crippen LogP contribution < -0.4 is 10.4 Å². The normalized spacial score (nSPS) is 10.7. The van der Waals surface area contributed by atoms with Gasteiger partial charge in [0.1, 0.15) is 11.3 Å². The van der Waals surface area contributed by atoms with Crippen molar-refractivity contribution in [1.82, 2.24) is 14.8 Å². The molecule has 5 nitrogen and oxygen atoms in total. The number of amides is 1. The lowest BCUT2D eigenvalue weighted by molar-refractivity contribution is 0.0945. The fourth-order valence-corrected chi connectivity index (χ4v) is 2.49. The topological polar surface area (TPSA) is 49.6 Å². The molecule has 23 heavy (non-hydrogen) atoms. The molecule has 0 unspecified atom stereocenters. The van der Waals surface area contributed by atoms with Gasteiger partial charge in [0.25, 0.3) is 5.91 Å². The molecule has 2 heterocycles. The number of aryl methyl sites for hydroxylation is 2. The standard InChI is InChI=1S/C18H20N4O/c1-4-22(15-10-8-13(2)9-11-15)20-18(23)16-12-21-14(3)6-5-7-17(21)19-16/h5-12H,4H2,1-3H3,(H,20,23). The van der Waals surface area contributed by atoms with Gasteiger partial charge in [-0.05, 0) is 45.0 Å². The summed E-state index contributed by atoms with van der Waals surface area (Å²) in [6, 6.07) is 13.9. The lowest BCUT2D eigenvalue weighted by atomic mass is 10.2. The van der Waals surface area contributed by atoms with Crippen molar-refractivity contribution in [2.75, 3.05) is 11.6 Å². The van der Waals surface area contributed by atoms with E-state index in [1.54, 1.807) is 6.20 Å². The number of aromatic nitrogens is 2. The van der Waals surface area contributed by atoms with Crippen LogP contribution in [0.1, 0.15) is 28.7 Å². The maximum absolute atomic E-state index is 12.5. The molecule has 118 valence electrons. The SMILES string of the molecule is CCN(NC(=O)c1cn2c(C)cccc2n1)c1ccc(C)cc1. The number of nitrogens with zero attached hydrogens (tertiary/aromatic N) is 3. The Bertz CT molecular complexity index is 836. The molecular formula is C18H20N4O. The molecule has 0 aliphatic carbocycles. The van der Waals surface area contributed by atoms with Crippen molar-refractivity contribution in [3.63, 3.8) is 0 Å². The summed E-state index contributed by atoms with van der Waals surface area (Å²) in [5, 5.41) is 1.82. The van der Waals surface area contributed by atoms with Crippen LogP contribution in [0, 0.1) is 13.8 Å². The van der Waals surface area contributed by atoms with E-state index < -0.39 is 0 Å². The summed E-state index contributed by atoms with van der Waals surface area (Å²) in [5.41, 5.74) is 7.28. The summed E-state index contributed by atoms with van der Waals surface area (Å²) < 4.78 is 1.91. The molecule has 0 spiro atoms. The van der Waals surface area contributed by atoms with Gasteiger partial charge in [0.05, 0.1) is 5.69 Å². The van der Waals surface area contributed by atoms with Gasteiger partial charge in [0, 0.05) is 18.4 Å². The number of hydrogen-bond donors (Lipinski definition) is 1. The molecule has 0 aliphatic rings. The number of fused-ring (bicyclic) bond motifs is 1. The van der Waals surface area contributed by atoms with E-state index in [9.17, 15) is 4.79 Å². The van der Waals surface area contributed by atoms with E-state index in [0.29, 0.717) is 12.2 Å². The highest BCUT2D eigenvalue weighted by Crippen LogP contribution is 2.14. The average Bonchev–Trinajstić information content (AvgIpc) is 2.99. The third-order valence-corrected chi connectivity index (χ3v) is 3.83. The fraction of sp³-hybridized carbons (Fsp3) is 0.222. The predicted octanol–water partition coefficient (Wildman–Crippen LogP) is 3.12. The molecule has 0 bridgehead atoms. The molecule has 1 amide bonds. The van der Waals surface area contributed by atoms with Gasteiger partial charge >= 0.3 is 0 Å². The third kappa shape index (κ3) is 3.04. The number of imidazole rings is 1. The summed E-state index contributed by atoms with van der Waals surface area (Å²) in [4.78, 5) is 16.9. The first kappa shape index (κ1) is 15.1. The van der Waals surface area contributed by atoms with E-state index in [-0.39, 0.29) is 5.91 Å². The molecule has 3 aromatic rings. The van der Waals surface area contributed by atoms with Crippen LogP contribution in [-0.2, 0) is 0 Å². The third-order valence-electron chi connectivity index (χ3n) is 3.83. The Hall–Kier alpha value is -2.82. The van der Waals surface area contributed by atoms with Gasteiger partial charge in [-0.2, -0.15) is 0 Å². The molecule has 0 fully saturated rings. The second-order valence-electron chi connectivity index (χ2n) is 5.54. The summed E-state index contributed by atoms with van der Waals surface area (Å²) >= 11 is 0. The Morgan fingerprint density at radius 3 is 2.57 bits per heavy atom. The summed E-state index contributed by atoms with van der Waals surface area (Å²) in [7, 11) is 0. The zero-order valence-electron chi connectivity index (χ0n) is 13.6. The molecule has 1 N–H and O–H groups in total.